The van der Waals surface area contributed by atoms with E-state index in [1.807, 2.05) is 18.2 Å². The zero-order chi connectivity index (χ0) is 14.7. The van der Waals surface area contributed by atoms with Gasteiger partial charge in [0.2, 0.25) is 0 Å². The van der Waals surface area contributed by atoms with Gasteiger partial charge >= 0.3 is 6.09 Å². The highest BCUT2D eigenvalue weighted by Gasteiger charge is 2.23. The second-order valence-corrected chi connectivity index (χ2v) is 5.94. The van der Waals surface area contributed by atoms with Gasteiger partial charge < -0.3 is 15.0 Å². The molecule has 0 atom stereocenters. The van der Waals surface area contributed by atoms with Crippen LogP contribution in [0, 0.1) is 5.92 Å². The van der Waals surface area contributed by atoms with E-state index in [-0.39, 0.29) is 6.09 Å². The van der Waals surface area contributed by atoms with Crippen molar-refractivity contribution in [3.05, 3.63) is 24.3 Å². The van der Waals surface area contributed by atoms with Crippen molar-refractivity contribution in [3.63, 3.8) is 0 Å². The van der Waals surface area contributed by atoms with Crippen LogP contribution in [-0.4, -0.2) is 50.8 Å². The number of likely N-dealkylation sites (tertiary alicyclic amines) is 1. The molecule has 1 aromatic carbocycles. The monoisotopic (exact) mass is 289 g/mol. The van der Waals surface area contributed by atoms with E-state index in [1.54, 1.807) is 4.90 Å². The summed E-state index contributed by atoms with van der Waals surface area (Å²) in [6.07, 6.45) is 2.26. The lowest BCUT2D eigenvalue weighted by molar-refractivity contribution is 0.181. The third-order valence-corrected chi connectivity index (χ3v) is 4.35. The Morgan fingerprint density at radius 2 is 2.10 bits per heavy atom. The Morgan fingerprint density at radius 3 is 2.81 bits per heavy atom. The summed E-state index contributed by atoms with van der Waals surface area (Å²) in [5.74, 6) is 0.738. The van der Waals surface area contributed by atoms with Crippen LogP contribution < -0.4 is 10.2 Å². The van der Waals surface area contributed by atoms with Crippen LogP contribution in [0.2, 0.25) is 0 Å². The Kier molecular flexibility index (Phi) is 4.29. The van der Waals surface area contributed by atoms with E-state index in [2.05, 4.69) is 23.3 Å². The number of benzene rings is 1. The van der Waals surface area contributed by atoms with E-state index < -0.39 is 0 Å². The molecule has 2 aliphatic heterocycles. The number of ether oxygens (including phenoxy) is 1. The van der Waals surface area contributed by atoms with Gasteiger partial charge in [-0.3, -0.25) is 4.90 Å². The number of hydrogen-bond donors (Lipinski definition) is 1. The third kappa shape index (κ3) is 3.47. The topological polar surface area (TPSA) is 44.8 Å². The van der Waals surface area contributed by atoms with Crippen molar-refractivity contribution >= 4 is 17.5 Å². The number of cyclic esters (lactones) is 1. The molecule has 2 fully saturated rings. The van der Waals surface area contributed by atoms with Gasteiger partial charge in [0.05, 0.1) is 6.54 Å². The summed E-state index contributed by atoms with van der Waals surface area (Å²) < 4.78 is 4.99. The minimum absolute atomic E-state index is 0.248. The van der Waals surface area contributed by atoms with Crippen LogP contribution in [0.5, 0.6) is 0 Å². The van der Waals surface area contributed by atoms with E-state index >= 15 is 0 Å². The fourth-order valence-corrected chi connectivity index (χ4v) is 2.94. The average molecular weight is 289 g/mol. The van der Waals surface area contributed by atoms with Crippen LogP contribution in [0.4, 0.5) is 16.2 Å². The smallest absolute Gasteiger partial charge is 0.414 e. The number of nitrogens with one attached hydrogen (secondary N) is 1. The normalized spacial score (nSPS) is 20.6. The van der Waals surface area contributed by atoms with E-state index in [9.17, 15) is 4.79 Å². The highest BCUT2D eigenvalue weighted by Crippen LogP contribution is 2.23. The van der Waals surface area contributed by atoms with Gasteiger partial charge in [0.1, 0.15) is 6.61 Å². The van der Waals surface area contributed by atoms with E-state index in [4.69, 9.17) is 4.74 Å². The molecule has 0 bridgehead atoms. The predicted molar refractivity (Wildman–Crippen MR) is 83.8 cm³/mol. The standard InChI is InChI=1S/C16H23N3O2/c1-18-7-5-13(6-8-18)12-17-14-3-2-4-15(11-14)19-9-10-21-16(19)20/h2-4,11,13,17H,5-10,12H2,1H3. The molecule has 1 amide bonds. The molecule has 0 aromatic heterocycles. The number of amides is 1. The maximum atomic E-state index is 11.6. The molecule has 2 heterocycles. The lowest BCUT2D eigenvalue weighted by atomic mass is 9.97. The van der Waals surface area contributed by atoms with E-state index in [0.29, 0.717) is 13.2 Å². The van der Waals surface area contributed by atoms with Crippen molar-refractivity contribution < 1.29 is 9.53 Å². The molecule has 2 saturated heterocycles. The van der Waals surface area contributed by atoms with Crippen LogP contribution in [0.3, 0.4) is 0 Å². The summed E-state index contributed by atoms with van der Waals surface area (Å²) in [4.78, 5) is 15.7. The molecule has 3 rings (SSSR count). The average Bonchev–Trinajstić information content (AvgIpc) is 2.93. The minimum atomic E-state index is -0.248. The Bertz CT molecular complexity index is 498. The number of nitrogens with zero attached hydrogens (tertiary/aromatic N) is 2. The van der Waals surface area contributed by atoms with Gasteiger partial charge in [0, 0.05) is 17.9 Å². The van der Waals surface area contributed by atoms with Gasteiger partial charge in [-0.1, -0.05) is 6.07 Å². The fourth-order valence-electron chi connectivity index (χ4n) is 2.94. The number of carbonyl (C=O) groups is 1. The Hall–Kier alpha value is -1.75. The molecule has 1 N–H and O–H groups in total. The molecule has 5 heteroatoms. The highest BCUT2D eigenvalue weighted by atomic mass is 16.6. The molecular formula is C16H23N3O2. The summed E-state index contributed by atoms with van der Waals surface area (Å²) in [6, 6.07) is 8.02. The van der Waals surface area contributed by atoms with Gasteiger partial charge in [-0.2, -0.15) is 0 Å². The van der Waals surface area contributed by atoms with Gasteiger partial charge in [0.25, 0.3) is 0 Å². The lowest BCUT2D eigenvalue weighted by Crippen LogP contribution is -2.33. The Labute approximate surface area is 125 Å². The zero-order valence-corrected chi connectivity index (χ0v) is 12.5. The zero-order valence-electron chi connectivity index (χ0n) is 12.5. The second kappa shape index (κ2) is 6.35. The fraction of sp³-hybridized carbons (Fsp3) is 0.562. The first-order valence-electron chi connectivity index (χ1n) is 7.69. The molecular weight excluding hydrogens is 266 g/mol. The summed E-state index contributed by atoms with van der Waals surface area (Å²) >= 11 is 0. The molecule has 0 radical (unpaired) electrons. The van der Waals surface area contributed by atoms with E-state index in [1.165, 1.54) is 25.9 Å². The molecule has 0 spiro atoms. The molecule has 0 unspecified atom stereocenters. The van der Waals surface area contributed by atoms with Crippen molar-refractivity contribution in [3.8, 4) is 0 Å². The van der Waals surface area contributed by atoms with Gasteiger partial charge in [-0.25, -0.2) is 4.79 Å². The Morgan fingerprint density at radius 1 is 1.29 bits per heavy atom. The molecule has 0 saturated carbocycles. The number of piperidine rings is 1. The van der Waals surface area contributed by atoms with Gasteiger partial charge in [-0.05, 0) is 57.1 Å². The minimum Gasteiger partial charge on any atom is -0.447 e. The maximum absolute atomic E-state index is 11.6. The first-order valence-corrected chi connectivity index (χ1v) is 7.69. The quantitative estimate of drug-likeness (QED) is 0.924. The summed E-state index contributed by atoms with van der Waals surface area (Å²) in [5, 5.41) is 3.51. The maximum Gasteiger partial charge on any atom is 0.414 e. The predicted octanol–water partition coefficient (Wildman–Crippen LogP) is 2.40. The first-order chi connectivity index (χ1) is 10.2. The number of hydrogen-bond acceptors (Lipinski definition) is 4. The number of anilines is 2. The molecule has 2 aliphatic rings. The molecule has 0 aliphatic carbocycles. The van der Waals surface area contributed by atoms with Crippen molar-refractivity contribution in [2.45, 2.75) is 12.8 Å². The molecule has 21 heavy (non-hydrogen) atoms. The molecule has 1 aromatic rings. The number of rotatable bonds is 4. The van der Waals surface area contributed by atoms with E-state index in [0.717, 1.165) is 23.8 Å². The van der Waals surface area contributed by atoms with Gasteiger partial charge in [-0.15, -0.1) is 0 Å². The highest BCUT2D eigenvalue weighted by molar-refractivity contribution is 5.89. The van der Waals surface area contributed by atoms with Crippen LogP contribution >= 0.6 is 0 Å². The van der Waals surface area contributed by atoms with Crippen molar-refractivity contribution in [1.29, 1.82) is 0 Å². The summed E-state index contributed by atoms with van der Waals surface area (Å²) in [7, 11) is 2.18. The van der Waals surface area contributed by atoms with Crippen LogP contribution in [0.1, 0.15) is 12.8 Å². The van der Waals surface area contributed by atoms with Gasteiger partial charge in [0.15, 0.2) is 0 Å². The second-order valence-electron chi connectivity index (χ2n) is 5.94. The number of carbonyl (C=O) groups excluding carboxylic acids is 1. The summed E-state index contributed by atoms with van der Waals surface area (Å²) in [6.45, 7) is 4.49. The van der Waals surface area contributed by atoms with Crippen LogP contribution in [-0.2, 0) is 4.74 Å². The van der Waals surface area contributed by atoms with Crippen molar-refractivity contribution in [2.24, 2.45) is 5.92 Å². The molecule has 5 nitrogen and oxygen atoms in total. The lowest BCUT2D eigenvalue weighted by Gasteiger charge is -2.29. The van der Waals surface area contributed by atoms with Crippen molar-refractivity contribution in [1.82, 2.24) is 4.90 Å². The van der Waals surface area contributed by atoms with Crippen LogP contribution in [0.15, 0.2) is 24.3 Å². The van der Waals surface area contributed by atoms with Crippen molar-refractivity contribution in [2.75, 3.05) is 50.1 Å². The van der Waals surface area contributed by atoms with Crippen LogP contribution in [0.25, 0.3) is 0 Å². The first kappa shape index (κ1) is 14.2. The molecule has 114 valence electrons. The summed E-state index contributed by atoms with van der Waals surface area (Å²) in [5.41, 5.74) is 1.98. The third-order valence-electron chi connectivity index (χ3n) is 4.35. The largest absolute Gasteiger partial charge is 0.447 e. The Balaban J connectivity index is 1.57. The SMILES string of the molecule is CN1CCC(CNc2cccc(N3CCOC3=O)c2)CC1.